The van der Waals surface area contributed by atoms with E-state index >= 15 is 0 Å². The van der Waals surface area contributed by atoms with Crippen LogP contribution in [-0.4, -0.2) is 42.3 Å². The zero-order chi connectivity index (χ0) is 15.1. The lowest BCUT2D eigenvalue weighted by Gasteiger charge is -2.47. The molecule has 0 aliphatic heterocycles. The number of aliphatic hydroxyl groups excluding tert-OH is 1. The molecule has 0 radical (unpaired) electrons. The van der Waals surface area contributed by atoms with Crippen LogP contribution in [0.5, 0.6) is 0 Å². The molecule has 0 bridgehead atoms. The third-order valence-corrected chi connectivity index (χ3v) is 4.54. The summed E-state index contributed by atoms with van der Waals surface area (Å²) in [6.45, 7) is 7.40. The first-order chi connectivity index (χ1) is 8.58. The van der Waals surface area contributed by atoms with E-state index in [1.165, 1.54) is 21.1 Å². The second-order valence-electron chi connectivity index (χ2n) is 6.54. The lowest BCUT2D eigenvalue weighted by atomic mass is 9.62. The molecule has 1 rings (SSSR count). The molecule has 0 saturated heterocycles. The largest absolute Gasteiger partial charge is 0.481 e. The highest BCUT2D eigenvalue weighted by Crippen LogP contribution is 2.59. The molecule has 3 atom stereocenters. The number of carboxylic acids is 1. The molecule has 0 heterocycles. The van der Waals surface area contributed by atoms with Crippen molar-refractivity contribution in [3.63, 3.8) is 0 Å². The summed E-state index contributed by atoms with van der Waals surface area (Å²) in [7, 11) is 3.06. The molecule has 0 amide bonds. The average molecular weight is 274 g/mol. The van der Waals surface area contributed by atoms with E-state index < -0.39 is 29.2 Å². The van der Waals surface area contributed by atoms with Crippen molar-refractivity contribution in [1.82, 2.24) is 0 Å². The molecular weight excluding hydrogens is 248 g/mol. The summed E-state index contributed by atoms with van der Waals surface area (Å²) in [6.07, 6.45) is -0.177. The van der Waals surface area contributed by atoms with Gasteiger partial charge < -0.3 is 19.7 Å². The van der Waals surface area contributed by atoms with Gasteiger partial charge in [0.25, 0.3) is 0 Å². The molecule has 0 spiro atoms. The third kappa shape index (κ3) is 2.28. The van der Waals surface area contributed by atoms with Crippen LogP contribution in [0.1, 0.15) is 40.5 Å². The zero-order valence-electron chi connectivity index (χ0n) is 12.7. The summed E-state index contributed by atoms with van der Waals surface area (Å²) in [6, 6.07) is 0. The first-order valence-corrected chi connectivity index (χ1v) is 6.60. The van der Waals surface area contributed by atoms with Crippen LogP contribution in [0.4, 0.5) is 0 Å². The molecule has 1 aliphatic rings. The summed E-state index contributed by atoms with van der Waals surface area (Å²) in [5.74, 6) is -2.40. The molecule has 1 aliphatic carbocycles. The van der Waals surface area contributed by atoms with E-state index in [9.17, 15) is 15.0 Å². The third-order valence-electron chi connectivity index (χ3n) is 4.54. The quantitative estimate of drug-likeness (QED) is 0.766. The molecule has 5 nitrogen and oxygen atoms in total. The predicted octanol–water partition coefficient (Wildman–Crippen LogP) is 1.88. The van der Waals surface area contributed by atoms with E-state index in [0.29, 0.717) is 12.8 Å². The fraction of sp³-hybridized carbons (Fsp3) is 0.929. The number of ether oxygens (including phenoxy) is 2. The Morgan fingerprint density at radius 1 is 1.26 bits per heavy atom. The molecule has 19 heavy (non-hydrogen) atoms. The van der Waals surface area contributed by atoms with Crippen molar-refractivity contribution in [3.8, 4) is 0 Å². The van der Waals surface area contributed by atoms with Gasteiger partial charge in [-0.15, -0.1) is 0 Å². The van der Waals surface area contributed by atoms with Crippen LogP contribution in [0, 0.1) is 16.7 Å². The van der Waals surface area contributed by atoms with Gasteiger partial charge in [-0.3, -0.25) is 4.79 Å². The lowest BCUT2D eigenvalue weighted by molar-refractivity contribution is -0.264. The number of carbonyl (C=O) groups is 1. The van der Waals surface area contributed by atoms with Crippen molar-refractivity contribution in [2.24, 2.45) is 16.7 Å². The minimum Gasteiger partial charge on any atom is -0.481 e. The van der Waals surface area contributed by atoms with Crippen LogP contribution < -0.4 is 0 Å². The molecular formula is C14H26O5. The summed E-state index contributed by atoms with van der Waals surface area (Å²) in [5.41, 5.74) is -1.62. The van der Waals surface area contributed by atoms with Crippen molar-refractivity contribution in [2.75, 3.05) is 14.2 Å². The van der Waals surface area contributed by atoms with Gasteiger partial charge in [0.1, 0.15) is 5.41 Å². The highest BCUT2D eigenvalue weighted by molar-refractivity contribution is 5.77. The van der Waals surface area contributed by atoms with Crippen LogP contribution in [0.15, 0.2) is 0 Å². The molecule has 112 valence electrons. The van der Waals surface area contributed by atoms with Gasteiger partial charge >= 0.3 is 5.97 Å². The Kier molecular flexibility index (Phi) is 4.35. The van der Waals surface area contributed by atoms with Gasteiger partial charge in [0.2, 0.25) is 0 Å². The molecule has 2 N–H and O–H groups in total. The number of rotatable bonds is 4. The molecule has 5 heteroatoms. The number of aliphatic hydroxyl groups is 1. The lowest BCUT2D eigenvalue weighted by Crippen LogP contribution is -2.56. The maximum absolute atomic E-state index is 11.9. The Hall–Kier alpha value is -0.650. The van der Waals surface area contributed by atoms with E-state index in [4.69, 9.17) is 9.47 Å². The number of hydrogen-bond donors (Lipinski definition) is 2. The molecule has 0 aromatic heterocycles. The summed E-state index contributed by atoms with van der Waals surface area (Å²) < 4.78 is 11.1. The first-order valence-electron chi connectivity index (χ1n) is 6.60. The van der Waals surface area contributed by atoms with Crippen LogP contribution in [-0.2, 0) is 14.3 Å². The minimum absolute atomic E-state index is 0.337. The van der Waals surface area contributed by atoms with Crippen LogP contribution in [0.25, 0.3) is 0 Å². The van der Waals surface area contributed by atoms with Gasteiger partial charge in [-0.1, -0.05) is 20.8 Å². The fourth-order valence-electron chi connectivity index (χ4n) is 3.88. The van der Waals surface area contributed by atoms with Gasteiger partial charge in [0, 0.05) is 26.6 Å². The highest BCUT2D eigenvalue weighted by Gasteiger charge is 2.67. The minimum atomic E-state index is -1.25. The van der Waals surface area contributed by atoms with Crippen LogP contribution in [0.2, 0.25) is 0 Å². The number of aliphatic carboxylic acids is 1. The average Bonchev–Trinajstić information content (AvgIpc) is 2.65. The van der Waals surface area contributed by atoms with E-state index in [2.05, 4.69) is 0 Å². The van der Waals surface area contributed by atoms with E-state index in [0.717, 1.165) is 0 Å². The predicted molar refractivity (Wildman–Crippen MR) is 70.7 cm³/mol. The fourth-order valence-corrected chi connectivity index (χ4v) is 3.88. The second kappa shape index (κ2) is 5.04. The normalized spacial score (nSPS) is 32.3. The van der Waals surface area contributed by atoms with E-state index in [-0.39, 0.29) is 5.41 Å². The van der Waals surface area contributed by atoms with E-state index in [1.54, 1.807) is 0 Å². The van der Waals surface area contributed by atoms with Crippen molar-refractivity contribution in [1.29, 1.82) is 0 Å². The zero-order valence-corrected chi connectivity index (χ0v) is 12.7. The van der Waals surface area contributed by atoms with Gasteiger partial charge in [0.05, 0.1) is 6.10 Å². The second-order valence-corrected chi connectivity index (χ2v) is 6.54. The van der Waals surface area contributed by atoms with Gasteiger partial charge in [-0.05, 0) is 18.8 Å². The Morgan fingerprint density at radius 3 is 2.00 bits per heavy atom. The molecule has 1 fully saturated rings. The van der Waals surface area contributed by atoms with Gasteiger partial charge in [0.15, 0.2) is 5.79 Å². The highest BCUT2D eigenvalue weighted by atomic mass is 16.7. The molecule has 1 saturated carbocycles. The van der Waals surface area contributed by atoms with E-state index in [1.807, 2.05) is 20.8 Å². The van der Waals surface area contributed by atoms with Gasteiger partial charge in [-0.25, -0.2) is 0 Å². The van der Waals surface area contributed by atoms with Crippen molar-refractivity contribution in [3.05, 3.63) is 0 Å². The SMILES string of the molecule is COC1(OC)CCC(C(=O)O)(C(C)O)C1C(C)(C)C. The van der Waals surface area contributed by atoms with Crippen molar-refractivity contribution < 1.29 is 24.5 Å². The maximum Gasteiger partial charge on any atom is 0.312 e. The molecule has 3 unspecified atom stereocenters. The number of carboxylic acid groups (broad SMARTS) is 1. The van der Waals surface area contributed by atoms with Crippen LogP contribution in [0.3, 0.4) is 0 Å². The van der Waals surface area contributed by atoms with Gasteiger partial charge in [-0.2, -0.15) is 0 Å². The first kappa shape index (κ1) is 16.4. The van der Waals surface area contributed by atoms with Crippen molar-refractivity contribution in [2.45, 2.75) is 52.4 Å². The Bertz CT molecular complexity index is 340. The summed E-state index contributed by atoms with van der Waals surface area (Å²) in [4.78, 5) is 11.9. The van der Waals surface area contributed by atoms with Crippen LogP contribution >= 0.6 is 0 Å². The maximum atomic E-state index is 11.9. The van der Waals surface area contributed by atoms with Crippen molar-refractivity contribution >= 4 is 5.97 Å². The smallest absolute Gasteiger partial charge is 0.312 e. The monoisotopic (exact) mass is 274 g/mol. The summed E-state index contributed by atoms with van der Waals surface area (Å²) in [5, 5.41) is 19.9. The Labute approximate surface area is 114 Å². The molecule has 0 aromatic carbocycles. The molecule has 0 aromatic rings. The standard InChI is InChI=1S/C14H26O5/c1-9(15)13(11(16)17)7-8-14(18-5,19-6)10(13)12(2,3)4/h9-10,15H,7-8H2,1-6H3,(H,16,17). The topological polar surface area (TPSA) is 76.0 Å². The number of methoxy groups -OCH3 is 2. The Morgan fingerprint density at radius 2 is 1.74 bits per heavy atom. The Balaban J connectivity index is 3.46. The summed E-state index contributed by atoms with van der Waals surface area (Å²) >= 11 is 0. The number of hydrogen-bond acceptors (Lipinski definition) is 4.